The third kappa shape index (κ3) is 5.73. The van der Waals surface area contributed by atoms with Crippen molar-refractivity contribution >= 4 is 5.91 Å². The highest BCUT2D eigenvalue weighted by Gasteiger charge is 2.23. The Hall–Kier alpha value is -1.46. The van der Waals surface area contributed by atoms with Gasteiger partial charge in [0, 0.05) is 12.2 Å². The molecule has 2 rings (SSSR count). The Morgan fingerprint density at radius 1 is 1.36 bits per heavy atom. The first-order valence-electron chi connectivity index (χ1n) is 8.25. The topological polar surface area (TPSA) is 88.2 Å². The molecule has 1 saturated carbocycles. The molecule has 0 radical (unpaired) electrons. The maximum atomic E-state index is 11.9. The molecule has 5 nitrogen and oxygen atoms in total. The quantitative estimate of drug-likeness (QED) is 0.716. The van der Waals surface area contributed by atoms with Crippen LogP contribution < -0.4 is 11.1 Å². The summed E-state index contributed by atoms with van der Waals surface area (Å²) in [4.78, 5) is 16.0. The average molecular weight is 305 g/mol. The lowest BCUT2D eigenvalue weighted by molar-refractivity contribution is -0.123. The van der Waals surface area contributed by atoms with E-state index in [1.807, 2.05) is 18.2 Å². The van der Waals surface area contributed by atoms with Gasteiger partial charge in [-0.3, -0.25) is 9.78 Å². The second-order valence-electron chi connectivity index (χ2n) is 6.27. The molecule has 0 aliphatic heterocycles. The molecule has 1 aliphatic carbocycles. The standard InChI is InChI=1S/C17H27N3O2/c18-15(10-13-6-2-1-3-7-13)16(21)11-17(22)20-12-14-8-4-5-9-19-14/h4-5,8-9,13,15-16,21H,1-3,6-7,10-12,18H2,(H,20,22)/t15-,16-/m0/s1. The van der Waals surface area contributed by atoms with Crippen LogP contribution >= 0.6 is 0 Å². The molecule has 22 heavy (non-hydrogen) atoms. The fourth-order valence-electron chi connectivity index (χ4n) is 3.07. The molecule has 1 amide bonds. The van der Waals surface area contributed by atoms with E-state index in [1.54, 1.807) is 6.20 Å². The van der Waals surface area contributed by atoms with Gasteiger partial charge in [-0.15, -0.1) is 0 Å². The first-order chi connectivity index (χ1) is 10.6. The van der Waals surface area contributed by atoms with Crippen LogP contribution in [-0.2, 0) is 11.3 Å². The van der Waals surface area contributed by atoms with Crippen molar-refractivity contribution < 1.29 is 9.90 Å². The maximum Gasteiger partial charge on any atom is 0.222 e. The summed E-state index contributed by atoms with van der Waals surface area (Å²) in [6.45, 7) is 0.379. The van der Waals surface area contributed by atoms with E-state index in [-0.39, 0.29) is 18.4 Å². The Labute approximate surface area is 132 Å². The number of hydrogen-bond donors (Lipinski definition) is 3. The van der Waals surface area contributed by atoms with Crippen LogP contribution in [0.15, 0.2) is 24.4 Å². The molecular formula is C17H27N3O2. The molecule has 1 heterocycles. The highest BCUT2D eigenvalue weighted by Crippen LogP contribution is 2.27. The van der Waals surface area contributed by atoms with E-state index in [9.17, 15) is 9.90 Å². The van der Waals surface area contributed by atoms with E-state index in [4.69, 9.17) is 5.73 Å². The number of nitrogens with two attached hydrogens (primary N) is 1. The third-order valence-electron chi connectivity index (χ3n) is 4.41. The van der Waals surface area contributed by atoms with E-state index in [1.165, 1.54) is 32.1 Å². The minimum absolute atomic E-state index is 0.0563. The average Bonchev–Trinajstić information content (AvgIpc) is 2.55. The van der Waals surface area contributed by atoms with Crippen LogP contribution in [0.25, 0.3) is 0 Å². The monoisotopic (exact) mass is 305 g/mol. The van der Waals surface area contributed by atoms with Gasteiger partial charge in [0.1, 0.15) is 0 Å². The smallest absolute Gasteiger partial charge is 0.222 e. The number of carbonyl (C=O) groups excluding carboxylic acids is 1. The number of hydrogen-bond acceptors (Lipinski definition) is 4. The van der Waals surface area contributed by atoms with E-state index >= 15 is 0 Å². The van der Waals surface area contributed by atoms with E-state index in [2.05, 4.69) is 10.3 Å². The Morgan fingerprint density at radius 2 is 2.14 bits per heavy atom. The summed E-state index contributed by atoms with van der Waals surface area (Å²) in [7, 11) is 0. The summed E-state index contributed by atoms with van der Waals surface area (Å²) in [6.07, 6.45) is 8.02. The maximum absolute atomic E-state index is 11.9. The van der Waals surface area contributed by atoms with Crippen molar-refractivity contribution in [1.82, 2.24) is 10.3 Å². The lowest BCUT2D eigenvalue weighted by atomic mass is 9.83. The molecule has 4 N–H and O–H groups in total. The summed E-state index contributed by atoms with van der Waals surface area (Å²) in [5, 5.41) is 12.9. The zero-order valence-electron chi connectivity index (χ0n) is 13.1. The van der Waals surface area contributed by atoms with Crippen molar-refractivity contribution in [3.8, 4) is 0 Å². The highest BCUT2D eigenvalue weighted by molar-refractivity contribution is 5.76. The highest BCUT2D eigenvalue weighted by atomic mass is 16.3. The van der Waals surface area contributed by atoms with Gasteiger partial charge in [-0.25, -0.2) is 0 Å². The number of nitrogens with zero attached hydrogens (tertiary/aromatic N) is 1. The van der Waals surface area contributed by atoms with Gasteiger partial charge in [0.2, 0.25) is 5.91 Å². The number of rotatable bonds is 7. The van der Waals surface area contributed by atoms with Crippen molar-refractivity contribution in [2.75, 3.05) is 0 Å². The number of pyridine rings is 1. The first kappa shape index (κ1) is 16.9. The van der Waals surface area contributed by atoms with Crippen LogP contribution in [0.5, 0.6) is 0 Å². The van der Waals surface area contributed by atoms with E-state index in [0.29, 0.717) is 12.5 Å². The van der Waals surface area contributed by atoms with Gasteiger partial charge in [0.15, 0.2) is 0 Å². The van der Waals surface area contributed by atoms with Gasteiger partial charge in [0.25, 0.3) is 0 Å². The number of aromatic nitrogens is 1. The number of amides is 1. The lowest BCUT2D eigenvalue weighted by Crippen LogP contribution is -2.40. The molecule has 0 saturated heterocycles. The predicted octanol–water partition coefficient (Wildman–Crippen LogP) is 1.75. The third-order valence-corrected chi connectivity index (χ3v) is 4.41. The summed E-state index contributed by atoms with van der Waals surface area (Å²) < 4.78 is 0. The minimum atomic E-state index is -0.773. The second-order valence-corrected chi connectivity index (χ2v) is 6.27. The van der Waals surface area contributed by atoms with Crippen molar-refractivity contribution in [3.05, 3.63) is 30.1 Å². The van der Waals surface area contributed by atoms with Crippen LogP contribution in [0.2, 0.25) is 0 Å². The van der Waals surface area contributed by atoms with Gasteiger partial charge in [-0.1, -0.05) is 38.2 Å². The fraction of sp³-hybridized carbons (Fsp3) is 0.647. The summed E-state index contributed by atoms with van der Waals surface area (Å²) >= 11 is 0. The first-order valence-corrected chi connectivity index (χ1v) is 8.25. The van der Waals surface area contributed by atoms with Crippen LogP contribution in [0.1, 0.15) is 50.6 Å². The normalized spacial score (nSPS) is 18.6. The number of aliphatic hydroxyl groups excluding tert-OH is 1. The van der Waals surface area contributed by atoms with E-state index < -0.39 is 6.10 Å². The molecule has 1 aromatic rings. The van der Waals surface area contributed by atoms with Crippen LogP contribution in [-0.4, -0.2) is 28.1 Å². The lowest BCUT2D eigenvalue weighted by Gasteiger charge is -2.26. The van der Waals surface area contributed by atoms with Gasteiger partial charge >= 0.3 is 0 Å². The van der Waals surface area contributed by atoms with Crippen molar-refractivity contribution in [2.24, 2.45) is 11.7 Å². The predicted molar refractivity (Wildman–Crippen MR) is 85.9 cm³/mol. The van der Waals surface area contributed by atoms with E-state index in [0.717, 1.165) is 12.1 Å². The SMILES string of the molecule is N[C@@H](CC1CCCCC1)[C@@H](O)CC(=O)NCc1ccccn1. The zero-order valence-corrected chi connectivity index (χ0v) is 13.1. The molecule has 0 unspecified atom stereocenters. The Bertz CT molecular complexity index is 446. The Balaban J connectivity index is 1.68. The fourth-order valence-corrected chi connectivity index (χ4v) is 3.07. The second kappa shape index (κ2) is 8.86. The molecule has 5 heteroatoms. The molecule has 1 fully saturated rings. The Kier molecular flexibility index (Phi) is 6.80. The summed E-state index contributed by atoms with van der Waals surface area (Å²) in [5.74, 6) is 0.423. The molecule has 1 aromatic heterocycles. The summed E-state index contributed by atoms with van der Waals surface area (Å²) in [6, 6.07) is 5.25. The van der Waals surface area contributed by atoms with Gasteiger partial charge in [-0.2, -0.15) is 0 Å². The molecule has 0 spiro atoms. The molecule has 0 bridgehead atoms. The molecule has 1 aliphatic rings. The number of aliphatic hydroxyl groups is 1. The Morgan fingerprint density at radius 3 is 2.82 bits per heavy atom. The van der Waals surface area contributed by atoms with Gasteiger partial charge in [-0.05, 0) is 24.5 Å². The minimum Gasteiger partial charge on any atom is -0.391 e. The molecular weight excluding hydrogens is 278 g/mol. The largest absolute Gasteiger partial charge is 0.391 e. The van der Waals surface area contributed by atoms with Crippen LogP contribution in [0, 0.1) is 5.92 Å². The summed E-state index contributed by atoms with van der Waals surface area (Å²) in [5.41, 5.74) is 6.86. The van der Waals surface area contributed by atoms with Gasteiger partial charge < -0.3 is 16.2 Å². The van der Waals surface area contributed by atoms with Gasteiger partial charge in [0.05, 0.1) is 24.8 Å². The van der Waals surface area contributed by atoms with Crippen molar-refractivity contribution in [3.63, 3.8) is 0 Å². The zero-order chi connectivity index (χ0) is 15.8. The molecule has 0 aromatic carbocycles. The van der Waals surface area contributed by atoms with Crippen LogP contribution in [0.3, 0.4) is 0 Å². The molecule has 2 atom stereocenters. The molecule has 122 valence electrons. The number of nitrogens with one attached hydrogen (secondary N) is 1. The van der Waals surface area contributed by atoms with Crippen molar-refractivity contribution in [2.45, 2.75) is 63.6 Å². The van der Waals surface area contributed by atoms with Crippen molar-refractivity contribution in [1.29, 1.82) is 0 Å². The van der Waals surface area contributed by atoms with Crippen LogP contribution in [0.4, 0.5) is 0 Å². The number of carbonyl (C=O) groups is 1.